The van der Waals surface area contributed by atoms with Crippen LogP contribution in [0, 0.1) is 21.4 Å². The molecule has 0 bridgehead atoms. The van der Waals surface area contributed by atoms with Gasteiger partial charge >= 0.3 is 0 Å². The summed E-state index contributed by atoms with van der Waals surface area (Å²) in [4.78, 5) is 35.4. The molecule has 356 valence electrons. The van der Waals surface area contributed by atoms with Gasteiger partial charge in [-0.1, -0.05) is 38.1 Å². The predicted molar refractivity (Wildman–Crippen MR) is 258 cm³/mol. The molecule has 0 radical (unpaired) electrons. The molecule has 15 nitrogen and oxygen atoms in total. The number of sulfonamides is 1. The van der Waals surface area contributed by atoms with Crippen molar-refractivity contribution in [2.24, 2.45) is 11.3 Å². The third-order valence-corrected chi connectivity index (χ3v) is 17.1. The third kappa shape index (κ3) is 10.2. The summed E-state index contributed by atoms with van der Waals surface area (Å²) in [6.07, 6.45) is 10.2. The van der Waals surface area contributed by atoms with Gasteiger partial charge in [0.1, 0.15) is 34.4 Å². The molecule has 17 heteroatoms. The van der Waals surface area contributed by atoms with Crippen molar-refractivity contribution in [3.63, 3.8) is 0 Å². The molecule has 9 rings (SSSR count). The average molecular weight is 953 g/mol. The number of benzene rings is 3. The lowest BCUT2D eigenvalue weighted by Gasteiger charge is -2.53. The Morgan fingerprint density at radius 1 is 1.06 bits per heavy atom. The molecule has 2 atom stereocenters. The second kappa shape index (κ2) is 19.1. The minimum atomic E-state index is -4.65. The maximum absolute atomic E-state index is 14.1. The fraction of sp³-hybridized carbons (Fsp3) is 0.480. The highest BCUT2D eigenvalue weighted by atomic mass is 32.2. The van der Waals surface area contributed by atoms with Crippen LogP contribution in [0.1, 0.15) is 113 Å². The van der Waals surface area contributed by atoms with E-state index in [-0.39, 0.29) is 51.2 Å². The van der Waals surface area contributed by atoms with Crippen LogP contribution in [0.25, 0.3) is 11.0 Å². The fourth-order valence-electron chi connectivity index (χ4n) is 10.5. The summed E-state index contributed by atoms with van der Waals surface area (Å²) in [5.41, 5.74) is 3.16. The monoisotopic (exact) mass is 952 g/mol. The number of nitro groups is 1. The van der Waals surface area contributed by atoms with Crippen molar-refractivity contribution in [2.45, 2.75) is 118 Å². The molecule has 1 spiro atoms. The molecule has 2 aliphatic carbocycles. The van der Waals surface area contributed by atoms with E-state index in [1.807, 2.05) is 19.9 Å². The van der Waals surface area contributed by atoms with Gasteiger partial charge < -0.3 is 34.5 Å². The molecule has 4 heterocycles. The van der Waals surface area contributed by atoms with Gasteiger partial charge in [0, 0.05) is 66.5 Å². The molecule has 2 saturated carbocycles. The highest BCUT2D eigenvalue weighted by Crippen LogP contribution is 2.51. The van der Waals surface area contributed by atoms with Crippen LogP contribution in [0.15, 0.2) is 88.9 Å². The predicted octanol–water partition coefficient (Wildman–Crippen LogP) is 9.42. The second-order valence-corrected chi connectivity index (χ2v) is 22.3. The summed E-state index contributed by atoms with van der Waals surface area (Å²) < 4.78 is 48.4. The van der Waals surface area contributed by atoms with Crippen LogP contribution in [0.4, 0.5) is 11.4 Å². The van der Waals surface area contributed by atoms with Crippen molar-refractivity contribution in [3.05, 3.63) is 106 Å². The fourth-order valence-corrected chi connectivity index (χ4v) is 12.9. The molecule has 1 amide bonds. The molecule has 0 unspecified atom stereocenters. The number of fused-ring (bicyclic) bond motifs is 2. The Morgan fingerprint density at radius 2 is 1.81 bits per heavy atom. The maximum Gasteiger partial charge on any atom is 0.288 e. The first-order valence-electron chi connectivity index (χ1n) is 23.4. The van der Waals surface area contributed by atoms with Gasteiger partial charge in [-0.05, 0) is 118 Å². The first kappa shape index (κ1) is 46.9. The summed E-state index contributed by atoms with van der Waals surface area (Å²) in [5, 5.41) is 27.5. The number of nitrogens with one attached hydrogen (secondary N) is 3. The summed E-state index contributed by atoms with van der Waals surface area (Å²) in [7, 11) is -4.65. The SMILES string of the molecule is CCOC[C@@H](NC1CC2(CCN(c3ccc(C(=O)NS(=O)(=O)c4cc5c(c([N+](=O)[O-])c4)S[C@@H]([C@H]4CC[C@](C)(O)CC4)CO5)c(Oc4cnc5[nH]ccc5c4)c3)CC2)C1)c1ccccc1C(C)C. The van der Waals surface area contributed by atoms with Crippen LogP contribution < -0.4 is 24.4 Å². The molecule has 1 saturated heterocycles. The number of aliphatic hydroxyl groups is 1. The van der Waals surface area contributed by atoms with Crippen LogP contribution in [-0.2, 0) is 14.8 Å². The normalized spacial score (nSPS) is 22.2. The van der Waals surface area contributed by atoms with Gasteiger partial charge in [-0.2, -0.15) is 0 Å². The van der Waals surface area contributed by atoms with E-state index in [1.165, 1.54) is 35.2 Å². The first-order valence-corrected chi connectivity index (χ1v) is 25.8. The number of hydrogen-bond acceptors (Lipinski definition) is 13. The summed E-state index contributed by atoms with van der Waals surface area (Å²) in [5.74, 6) is 0.167. The zero-order valence-electron chi connectivity index (χ0n) is 38.5. The lowest BCUT2D eigenvalue weighted by molar-refractivity contribution is -0.388. The van der Waals surface area contributed by atoms with Gasteiger partial charge in [-0.3, -0.25) is 14.9 Å². The molecule has 3 aromatic carbocycles. The van der Waals surface area contributed by atoms with Crippen LogP contribution >= 0.6 is 11.8 Å². The van der Waals surface area contributed by atoms with Crippen molar-refractivity contribution in [1.29, 1.82) is 0 Å². The van der Waals surface area contributed by atoms with Gasteiger partial charge in [0.2, 0.25) is 0 Å². The number of amides is 1. The van der Waals surface area contributed by atoms with Crippen molar-refractivity contribution in [1.82, 2.24) is 20.0 Å². The summed E-state index contributed by atoms with van der Waals surface area (Å²) >= 11 is 1.31. The Bertz CT molecular complexity index is 2730. The number of hydrogen-bond donors (Lipinski definition) is 4. The third-order valence-electron chi connectivity index (χ3n) is 14.3. The van der Waals surface area contributed by atoms with Crippen molar-refractivity contribution in [3.8, 4) is 17.2 Å². The molecule has 2 aromatic heterocycles. The molecule has 4 N–H and O–H groups in total. The Morgan fingerprint density at radius 3 is 2.52 bits per heavy atom. The Kier molecular flexibility index (Phi) is 13.3. The Balaban J connectivity index is 0.908. The molecular weight excluding hydrogens is 893 g/mol. The number of carbonyl (C=O) groups is 1. The standard InChI is InChI=1S/C50H60N6O9S2/c1-5-63-29-41(39-9-7-6-8-38(39)31(2)3)53-34-26-50(27-34)17-20-55(21-18-50)35-10-11-40(43(23-35)65-36-22-33-14-19-51-47(33)52-28-36)48(57)54-67(61,62)37-24-42(56(59)60)46-44(25-37)64-30-45(66-46)32-12-15-49(4,58)16-13-32/h6-11,14,19,22-25,28,31-32,34,41,45,53,58H,5,12-13,15-18,20-21,26-27,29-30H2,1-4H3,(H,51,52)(H,54,57)/t32-,41-,45-,49-/m1/s1. The quantitative estimate of drug-likeness (QED) is 0.0572. The zero-order chi connectivity index (χ0) is 47.1. The zero-order valence-corrected chi connectivity index (χ0v) is 40.1. The van der Waals surface area contributed by atoms with Crippen molar-refractivity contribution >= 4 is 50.1 Å². The number of piperidine rings is 1. The van der Waals surface area contributed by atoms with Gasteiger partial charge in [0.25, 0.3) is 21.6 Å². The number of aromatic nitrogens is 2. The molecule has 5 aromatic rings. The van der Waals surface area contributed by atoms with Gasteiger partial charge in [-0.15, -0.1) is 11.8 Å². The van der Waals surface area contributed by atoms with Crippen LogP contribution in [0.3, 0.4) is 0 Å². The van der Waals surface area contributed by atoms with E-state index in [2.05, 4.69) is 63.0 Å². The number of pyridine rings is 1. The second-order valence-electron chi connectivity index (χ2n) is 19.4. The highest BCUT2D eigenvalue weighted by Gasteiger charge is 2.47. The molecule has 2 aliphatic heterocycles. The smallest absolute Gasteiger partial charge is 0.288 e. The van der Waals surface area contributed by atoms with E-state index in [9.17, 15) is 28.4 Å². The Labute approximate surface area is 396 Å². The summed E-state index contributed by atoms with van der Waals surface area (Å²) in [6, 6.07) is 20.1. The van der Waals surface area contributed by atoms with Crippen LogP contribution in [-0.4, -0.2) is 84.1 Å². The van der Waals surface area contributed by atoms with Gasteiger partial charge in [-0.25, -0.2) is 18.1 Å². The van der Waals surface area contributed by atoms with Gasteiger partial charge in [0.15, 0.2) is 0 Å². The number of ether oxygens (including phenoxy) is 3. The largest absolute Gasteiger partial charge is 0.491 e. The number of thioether (sulfide) groups is 1. The van der Waals surface area contributed by atoms with Gasteiger partial charge in [0.05, 0.1) is 39.8 Å². The number of H-pyrrole nitrogens is 1. The number of rotatable bonds is 15. The van der Waals surface area contributed by atoms with Crippen molar-refractivity contribution in [2.75, 3.05) is 37.8 Å². The molecule has 4 aliphatic rings. The Hall–Kier alpha value is -5.20. The average Bonchev–Trinajstić information content (AvgIpc) is 3.77. The van der Waals surface area contributed by atoms with Crippen LogP contribution in [0.5, 0.6) is 17.2 Å². The number of nitrogens with zero attached hydrogens (tertiary/aromatic N) is 3. The summed E-state index contributed by atoms with van der Waals surface area (Å²) in [6.45, 7) is 11.4. The topological polar surface area (TPSA) is 198 Å². The minimum Gasteiger partial charge on any atom is -0.491 e. The molecule has 67 heavy (non-hydrogen) atoms. The molecular formula is C50H60N6O9S2. The number of aromatic amines is 1. The van der Waals surface area contributed by atoms with E-state index in [0.717, 1.165) is 68.8 Å². The number of nitro benzene ring substituents is 1. The highest BCUT2D eigenvalue weighted by molar-refractivity contribution is 8.00. The van der Waals surface area contributed by atoms with E-state index in [4.69, 9.17) is 14.2 Å². The number of anilines is 1. The molecule has 3 fully saturated rings. The van der Waals surface area contributed by atoms with E-state index >= 15 is 0 Å². The number of carbonyl (C=O) groups excluding carboxylic acids is 1. The van der Waals surface area contributed by atoms with Crippen molar-refractivity contribution < 1.29 is 37.5 Å². The van der Waals surface area contributed by atoms with E-state index in [1.54, 1.807) is 30.5 Å². The first-order chi connectivity index (χ1) is 32.1. The van der Waals surface area contributed by atoms with Crippen LogP contribution in [0.2, 0.25) is 0 Å². The van der Waals surface area contributed by atoms with E-state index in [0.29, 0.717) is 49.4 Å². The lowest BCUT2D eigenvalue weighted by Crippen LogP contribution is -2.54. The maximum atomic E-state index is 14.1. The minimum absolute atomic E-state index is 0.0444. The van der Waals surface area contributed by atoms with E-state index < -0.39 is 37.0 Å². The lowest BCUT2D eigenvalue weighted by atomic mass is 9.60.